The fourth-order valence-corrected chi connectivity index (χ4v) is 0.940. The molecule has 0 saturated heterocycles. The van der Waals surface area contributed by atoms with Gasteiger partial charge < -0.3 is 9.47 Å². The highest BCUT2D eigenvalue weighted by atomic mass is 16.5. The van der Waals surface area contributed by atoms with Gasteiger partial charge in [0.2, 0.25) is 0 Å². The molecule has 1 rings (SSSR count). The Hall–Kier alpha value is -0.650. The van der Waals surface area contributed by atoms with Crippen molar-refractivity contribution in [3.8, 4) is 0 Å². The van der Waals surface area contributed by atoms with Gasteiger partial charge in [-0.1, -0.05) is 0 Å². The molecule has 11 heavy (non-hydrogen) atoms. The summed E-state index contributed by atoms with van der Waals surface area (Å²) in [4.78, 5) is 3.98. The zero-order valence-electron chi connectivity index (χ0n) is 6.70. The van der Waals surface area contributed by atoms with Crippen molar-refractivity contribution in [3.63, 3.8) is 0 Å². The minimum atomic E-state index is -0.413. The van der Waals surface area contributed by atoms with Gasteiger partial charge in [0.1, 0.15) is 6.23 Å². The molecule has 0 saturated carbocycles. The smallest absolute Gasteiger partial charge is 0.189 e. The fourth-order valence-electron chi connectivity index (χ4n) is 0.940. The Labute approximate surface area is 65.6 Å². The molecule has 64 valence electrons. The van der Waals surface area contributed by atoms with Crippen molar-refractivity contribution >= 4 is 5.90 Å². The lowest BCUT2D eigenvalue weighted by Crippen LogP contribution is -2.49. The Balaban J connectivity index is 2.54. The van der Waals surface area contributed by atoms with Gasteiger partial charge in [-0.15, -0.1) is 0 Å². The van der Waals surface area contributed by atoms with Crippen LogP contribution in [0.2, 0.25) is 0 Å². The SMILES string of the molecule is COC1=NC(N)NC(OC)C1. The van der Waals surface area contributed by atoms with Crippen LogP contribution in [0.25, 0.3) is 0 Å². The summed E-state index contributed by atoms with van der Waals surface area (Å²) in [6.07, 6.45) is 0.127. The molecule has 1 heterocycles. The highest BCUT2D eigenvalue weighted by Crippen LogP contribution is 2.03. The van der Waals surface area contributed by atoms with E-state index in [1.54, 1.807) is 14.2 Å². The van der Waals surface area contributed by atoms with Gasteiger partial charge in [0.25, 0.3) is 0 Å². The number of ether oxygens (including phenoxy) is 2. The Morgan fingerprint density at radius 2 is 2.36 bits per heavy atom. The van der Waals surface area contributed by atoms with Crippen molar-refractivity contribution in [2.24, 2.45) is 10.7 Å². The van der Waals surface area contributed by atoms with E-state index in [-0.39, 0.29) is 6.23 Å². The summed E-state index contributed by atoms with van der Waals surface area (Å²) in [5.41, 5.74) is 5.51. The molecule has 0 aromatic heterocycles. The van der Waals surface area contributed by atoms with Gasteiger partial charge in [0.05, 0.1) is 13.5 Å². The first-order valence-corrected chi connectivity index (χ1v) is 3.41. The number of nitrogens with two attached hydrogens (primary N) is 1. The van der Waals surface area contributed by atoms with Crippen molar-refractivity contribution < 1.29 is 9.47 Å². The summed E-state index contributed by atoms with van der Waals surface area (Å²) in [6.45, 7) is 0. The van der Waals surface area contributed by atoms with E-state index >= 15 is 0 Å². The van der Waals surface area contributed by atoms with Gasteiger partial charge in [-0.05, 0) is 0 Å². The lowest BCUT2D eigenvalue weighted by molar-refractivity contribution is 0.0592. The Bertz CT molecular complexity index is 160. The molecule has 2 atom stereocenters. The van der Waals surface area contributed by atoms with Gasteiger partial charge >= 0.3 is 0 Å². The highest BCUT2D eigenvalue weighted by molar-refractivity contribution is 5.77. The predicted octanol–water partition coefficient (Wildman–Crippen LogP) is -0.761. The molecule has 0 radical (unpaired) electrons. The van der Waals surface area contributed by atoms with Crippen LogP contribution >= 0.6 is 0 Å². The van der Waals surface area contributed by atoms with Crippen LogP contribution in [0.4, 0.5) is 0 Å². The minimum absolute atomic E-state index is 0.0857. The maximum Gasteiger partial charge on any atom is 0.189 e. The van der Waals surface area contributed by atoms with Gasteiger partial charge in [0.15, 0.2) is 12.2 Å². The molecule has 0 bridgehead atoms. The summed E-state index contributed by atoms with van der Waals surface area (Å²) in [5.74, 6) is 0.628. The quantitative estimate of drug-likeness (QED) is 0.527. The van der Waals surface area contributed by atoms with Crippen molar-refractivity contribution in [2.75, 3.05) is 14.2 Å². The number of hydrogen-bond donors (Lipinski definition) is 2. The largest absolute Gasteiger partial charge is 0.484 e. The summed E-state index contributed by atoms with van der Waals surface area (Å²) in [6, 6.07) is 0. The lowest BCUT2D eigenvalue weighted by atomic mass is 10.3. The number of nitrogens with zero attached hydrogens (tertiary/aromatic N) is 1. The van der Waals surface area contributed by atoms with Gasteiger partial charge in [-0.3, -0.25) is 11.1 Å². The molecule has 3 N–H and O–H groups in total. The molecule has 0 aromatic carbocycles. The standard InChI is InChI=1S/C6H13N3O2/c1-10-4-3-5(11-2)9-6(7)8-4/h4,6,8H,3,7H2,1-2H3. The predicted molar refractivity (Wildman–Crippen MR) is 41.0 cm³/mol. The third-order valence-corrected chi connectivity index (χ3v) is 1.52. The monoisotopic (exact) mass is 159 g/mol. The van der Waals surface area contributed by atoms with Crippen molar-refractivity contribution in [2.45, 2.75) is 18.9 Å². The van der Waals surface area contributed by atoms with Crippen LogP contribution in [0.3, 0.4) is 0 Å². The third kappa shape index (κ3) is 2.14. The maximum atomic E-state index is 5.51. The third-order valence-electron chi connectivity index (χ3n) is 1.52. The lowest BCUT2D eigenvalue weighted by Gasteiger charge is -2.25. The first-order valence-electron chi connectivity index (χ1n) is 3.41. The number of aliphatic imine (C=N–C) groups is 1. The molecule has 5 nitrogen and oxygen atoms in total. The van der Waals surface area contributed by atoms with E-state index in [9.17, 15) is 0 Å². The zero-order valence-corrected chi connectivity index (χ0v) is 6.70. The number of rotatable bonds is 1. The van der Waals surface area contributed by atoms with Crippen molar-refractivity contribution in [1.29, 1.82) is 0 Å². The van der Waals surface area contributed by atoms with Crippen molar-refractivity contribution in [3.05, 3.63) is 0 Å². The highest BCUT2D eigenvalue weighted by Gasteiger charge is 2.19. The fraction of sp³-hybridized carbons (Fsp3) is 0.833. The molecule has 0 aliphatic carbocycles. The van der Waals surface area contributed by atoms with Crippen LogP contribution in [0.5, 0.6) is 0 Å². The average molecular weight is 159 g/mol. The Kier molecular flexibility index (Phi) is 2.81. The van der Waals surface area contributed by atoms with Crippen LogP contribution in [-0.4, -0.2) is 32.6 Å². The molecule has 0 spiro atoms. The van der Waals surface area contributed by atoms with Crippen LogP contribution in [0, 0.1) is 0 Å². The van der Waals surface area contributed by atoms with E-state index in [1.807, 2.05) is 0 Å². The van der Waals surface area contributed by atoms with Crippen LogP contribution in [0.15, 0.2) is 4.99 Å². The van der Waals surface area contributed by atoms with E-state index in [0.29, 0.717) is 12.3 Å². The van der Waals surface area contributed by atoms with Crippen LogP contribution in [-0.2, 0) is 9.47 Å². The minimum Gasteiger partial charge on any atom is -0.484 e. The zero-order chi connectivity index (χ0) is 8.27. The van der Waals surface area contributed by atoms with Crippen LogP contribution < -0.4 is 11.1 Å². The second-order valence-corrected chi connectivity index (χ2v) is 2.27. The molecular formula is C6H13N3O2. The van der Waals surface area contributed by atoms with Crippen molar-refractivity contribution in [1.82, 2.24) is 5.32 Å². The average Bonchev–Trinajstić information content (AvgIpc) is 2.03. The first kappa shape index (κ1) is 8.45. The van der Waals surface area contributed by atoms with E-state index in [4.69, 9.17) is 15.2 Å². The molecular weight excluding hydrogens is 146 g/mol. The van der Waals surface area contributed by atoms with Crippen LogP contribution in [0.1, 0.15) is 6.42 Å². The van der Waals surface area contributed by atoms with Gasteiger partial charge in [0, 0.05) is 7.11 Å². The van der Waals surface area contributed by atoms with E-state index in [2.05, 4.69) is 10.3 Å². The molecule has 0 aromatic rings. The van der Waals surface area contributed by atoms with E-state index < -0.39 is 6.29 Å². The molecule has 0 amide bonds. The summed E-state index contributed by atoms with van der Waals surface area (Å²) in [7, 11) is 3.19. The van der Waals surface area contributed by atoms with Gasteiger partial charge in [-0.2, -0.15) is 0 Å². The molecule has 0 fully saturated rings. The second-order valence-electron chi connectivity index (χ2n) is 2.27. The topological polar surface area (TPSA) is 68.9 Å². The molecule has 1 aliphatic rings. The molecule has 2 unspecified atom stereocenters. The summed E-state index contributed by atoms with van der Waals surface area (Å²) < 4.78 is 9.99. The second kappa shape index (κ2) is 3.66. The summed E-state index contributed by atoms with van der Waals surface area (Å²) >= 11 is 0. The maximum absolute atomic E-state index is 5.51. The summed E-state index contributed by atoms with van der Waals surface area (Å²) in [5, 5.41) is 2.92. The number of hydrogen-bond acceptors (Lipinski definition) is 5. The Morgan fingerprint density at radius 3 is 2.91 bits per heavy atom. The normalized spacial score (nSPS) is 31.4. The first-order chi connectivity index (χ1) is 5.26. The van der Waals surface area contributed by atoms with E-state index in [1.165, 1.54) is 0 Å². The van der Waals surface area contributed by atoms with E-state index in [0.717, 1.165) is 0 Å². The number of methoxy groups -OCH3 is 2. The molecule has 1 aliphatic heterocycles. The number of nitrogens with one attached hydrogen (secondary N) is 1. The van der Waals surface area contributed by atoms with Gasteiger partial charge in [-0.25, -0.2) is 4.99 Å². The Morgan fingerprint density at radius 1 is 1.64 bits per heavy atom. The molecule has 5 heteroatoms.